The van der Waals surface area contributed by atoms with Gasteiger partial charge in [-0.2, -0.15) is 5.10 Å². The average Bonchev–Trinajstić information content (AvgIpc) is 2.87. The van der Waals surface area contributed by atoms with Crippen molar-refractivity contribution in [3.05, 3.63) is 61.5 Å². The van der Waals surface area contributed by atoms with E-state index in [1.165, 1.54) is 11.3 Å². The molecule has 0 aliphatic rings. The fourth-order valence-electron chi connectivity index (χ4n) is 2.54. The number of aryl methyl sites for hydroxylation is 2. The second-order valence-corrected chi connectivity index (χ2v) is 7.48. The molecule has 0 spiro atoms. The number of H-pyrrole nitrogens is 1. The SMILES string of the molecule is C/C(=N/NC(=O)Cc1nc2sc(C)c(C)c2c(=O)[nH]1)c1ccccc1Cl. The minimum atomic E-state index is -0.371. The second kappa shape index (κ2) is 7.39. The number of halogens is 1. The number of rotatable bonds is 4. The fourth-order valence-corrected chi connectivity index (χ4v) is 3.86. The van der Waals surface area contributed by atoms with E-state index in [9.17, 15) is 9.59 Å². The van der Waals surface area contributed by atoms with Crippen LogP contribution in [0.4, 0.5) is 0 Å². The molecule has 1 amide bonds. The average molecular weight is 389 g/mol. The van der Waals surface area contributed by atoms with E-state index in [0.717, 1.165) is 16.0 Å². The van der Waals surface area contributed by atoms with Gasteiger partial charge in [-0.1, -0.05) is 29.8 Å². The Morgan fingerprint density at radius 2 is 2.08 bits per heavy atom. The fraction of sp³-hybridized carbons (Fsp3) is 0.222. The summed E-state index contributed by atoms with van der Waals surface area (Å²) in [5.41, 5.74) is 4.50. The van der Waals surface area contributed by atoms with Gasteiger partial charge in [-0.15, -0.1) is 11.3 Å². The van der Waals surface area contributed by atoms with Crippen molar-refractivity contribution in [1.82, 2.24) is 15.4 Å². The first-order valence-electron chi connectivity index (χ1n) is 7.93. The van der Waals surface area contributed by atoms with E-state index in [-0.39, 0.29) is 17.9 Å². The highest BCUT2D eigenvalue weighted by Crippen LogP contribution is 2.25. The third-order valence-corrected chi connectivity index (χ3v) is 5.46. The maximum atomic E-state index is 12.2. The molecule has 134 valence electrons. The summed E-state index contributed by atoms with van der Waals surface area (Å²) in [5, 5.41) is 5.22. The Morgan fingerprint density at radius 1 is 1.35 bits per heavy atom. The molecule has 0 bridgehead atoms. The Bertz CT molecular complexity index is 1080. The van der Waals surface area contributed by atoms with Crippen LogP contribution < -0.4 is 11.0 Å². The minimum Gasteiger partial charge on any atom is -0.309 e. The molecule has 1 aromatic carbocycles. The molecule has 3 rings (SSSR count). The molecule has 0 aliphatic heterocycles. The van der Waals surface area contributed by atoms with E-state index >= 15 is 0 Å². The Hall–Kier alpha value is -2.51. The van der Waals surface area contributed by atoms with E-state index in [1.54, 1.807) is 13.0 Å². The number of aromatic nitrogens is 2. The van der Waals surface area contributed by atoms with Crippen molar-refractivity contribution in [3.63, 3.8) is 0 Å². The van der Waals surface area contributed by atoms with Gasteiger partial charge in [0.15, 0.2) is 0 Å². The summed E-state index contributed by atoms with van der Waals surface area (Å²) in [6, 6.07) is 7.25. The maximum absolute atomic E-state index is 12.2. The van der Waals surface area contributed by atoms with E-state index in [0.29, 0.717) is 26.8 Å². The van der Waals surface area contributed by atoms with Crippen LogP contribution in [-0.4, -0.2) is 21.6 Å². The highest BCUT2D eigenvalue weighted by molar-refractivity contribution is 7.18. The molecule has 6 nitrogen and oxygen atoms in total. The van der Waals surface area contributed by atoms with Crippen LogP contribution in [0.5, 0.6) is 0 Å². The molecule has 2 heterocycles. The van der Waals surface area contributed by atoms with Gasteiger partial charge >= 0.3 is 0 Å². The maximum Gasteiger partial charge on any atom is 0.259 e. The van der Waals surface area contributed by atoms with E-state index in [2.05, 4.69) is 20.5 Å². The molecule has 0 unspecified atom stereocenters. The smallest absolute Gasteiger partial charge is 0.259 e. The Labute approximate surface area is 158 Å². The summed E-state index contributed by atoms with van der Waals surface area (Å²) in [7, 11) is 0. The molecular formula is C18H17ClN4O2S. The molecular weight excluding hydrogens is 372 g/mol. The van der Waals surface area contributed by atoms with Crippen LogP contribution in [0.25, 0.3) is 10.2 Å². The largest absolute Gasteiger partial charge is 0.309 e. The summed E-state index contributed by atoms with van der Waals surface area (Å²) < 4.78 is 0. The molecule has 3 aromatic rings. The normalized spacial score (nSPS) is 11.8. The van der Waals surface area contributed by atoms with E-state index in [1.807, 2.05) is 32.0 Å². The van der Waals surface area contributed by atoms with Crippen molar-refractivity contribution in [2.45, 2.75) is 27.2 Å². The highest BCUT2D eigenvalue weighted by atomic mass is 35.5. The molecule has 2 aromatic heterocycles. The number of hydrogen-bond donors (Lipinski definition) is 2. The number of carbonyl (C=O) groups is 1. The lowest BCUT2D eigenvalue weighted by molar-refractivity contribution is -0.120. The summed E-state index contributed by atoms with van der Waals surface area (Å²) in [5.74, 6) is -0.0595. The summed E-state index contributed by atoms with van der Waals surface area (Å²) in [6.45, 7) is 5.59. The van der Waals surface area contributed by atoms with Gasteiger partial charge < -0.3 is 4.98 Å². The molecule has 0 aliphatic carbocycles. The third-order valence-electron chi connectivity index (χ3n) is 4.03. The van der Waals surface area contributed by atoms with Gasteiger partial charge in [0.05, 0.1) is 17.5 Å². The number of amides is 1. The lowest BCUT2D eigenvalue weighted by Crippen LogP contribution is -2.24. The Balaban J connectivity index is 1.76. The van der Waals surface area contributed by atoms with Crippen LogP contribution in [0, 0.1) is 13.8 Å². The van der Waals surface area contributed by atoms with Gasteiger partial charge in [0, 0.05) is 15.5 Å². The van der Waals surface area contributed by atoms with Crippen molar-refractivity contribution >= 4 is 44.8 Å². The predicted octanol–water partition coefficient (Wildman–Crippen LogP) is 3.34. The van der Waals surface area contributed by atoms with Crippen molar-refractivity contribution in [3.8, 4) is 0 Å². The number of thiophene rings is 1. The summed E-state index contributed by atoms with van der Waals surface area (Å²) >= 11 is 7.56. The van der Waals surface area contributed by atoms with Gasteiger partial charge in [-0.25, -0.2) is 10.4 Å². The van der Waals surface area contributed by atoms with Gasteiger partial charge in [-0.3, -0.25) is 9.59 Å². The van der Waals surface area contributed by atoms with Crippen LogP contribution in [0.3, 0.4) is 0 Å². The Kier molecular flexibility index (Phi) is 5.20. The lowest BCUT2D eigenvalue weighted by atomic mass is 10.1. The van der Waals surface area contributed by atoms with Gasteiger partial charge in [0.25, 0.3) is 5.56 Å². The molecule has 0 radical (unpaired) electrons. The van der Waals surface area contributed by atoms with Gasteiger partial charge in [-0.05, 0) is 32.4 Å². The second-order valence-electron chi connectivity index (χ2n) is 5.86. The zero-order chi connectivity index (χ0) is 18.8. The van der Waals surface area contributed by atoms with Crippen molar-refractivity contribution < 1.29 is 4.79 Å². The van der Waals surface area contributed by atoms with Crippen molar-refractivity contribution in [2.24, 2.45) is 5.10 Å². The number of hydrazone groups is 1. The zero-order valence-corrected chi connectivity index (χ0v) is 16.1. The number of aromatic amines is 1. The quantitative estimate of drug-likeness (QED) is 0.530. The lowest BCUT2D eigenvalue weighted by Gasteiger charge is -2.04. The van der Waals surface area contributed by atoms with Crippen LogP contribution >= 0.6 is 22.9 Å². The van der Waals surface area contributed by atoms with Crippen LogP contribution in [0.2, 0.25) is 5.02 Å². The first-order chi connectivity index (χ1) is 12.4. The summed E-state index contributed by atoms with van der Waals surface area (Å²) in [6.07, 6.45) is -0.0690. The van der Waals surface area contributed by atoms with E-state index < -0.39 is 0 Å². The zero-order valence-electron chi connectivity index (χ0n) is 14.5. The highest BCUT2D eigenvalue weighted by Gasteiger charge is 2.13. The standard InChI is InChI=1S/C18H17ClN4O2S/c1-9-11(3)26-18-16(9)17(25)20-14(21-18)8-15(24)23-22-10(2)12-6-4-5-7-13(12)19/h4-7H,8H2,1-3H3,(H,23,24)(H,20,21,25)/b22-10-. The minimum absolute atomic E-state index is 0.0690. The van der Waals surface area contributed by atoms with E-state index in [4.69, 9.17) is 11.6 Å². The van der Waals surface area contributed by atoms with Gasteiger partial charge in [0.1, 0.15) is 10.7 Å². The molecule has 0 fully saturated rings. The third kappa shape index (κ3) is 3.68. The van der Waals surface area contributed by atoms with Crippen molar-refractivity contribution in [1.29, 1.82) is 0 Å². The predicted molar refractivity (Wildman–Crippen MR) is 105 cm³/mol. The summed E-state index contributed by atoms with van der Waals surface area (Å²) in [4.78, 5) is 33.1. The topological polar surface area (TPSA) is 87.2 Å². The first-order valence-corrected chi connectivity index (χ1v) is 9.13. The molecule has 0 saturated carbocycles. The Morgan fingerprint density at radius 3 is 2.81 bits per heavy atom. The van der Waals surface area contributed by atoms with Crippen molar-refractivity contribution in [2.75, 3.05) is 0 Å². The number of fused-ring (bicyclic) bond motifs is 1. The number of benzene rings is 1. The molecule has 8 heteroatoms. The first kappa shape index (κ1) is 18.3. The molecule has 0 saturated heterocycles. The number of carbonyl (C=O) groups excluding carboxylic acids is 1. The van der Waals surface area contributed by atoms with Crippen LogP contribution in [-0.2, 0) is 11.2 Å². The number of hydrogen-bond acceptors (Lipinski definition) is 5. The number of nitrogens with zero attached hydrogens (tertiary/aromatic N) is 2. The van der Waals surface area contributed by atoms with Crippen LogP contribution in [0.1, 0.15) is 28.8 Å². The van der Waals surface area contributed by atoms with Crippen LogP contribution in [0.15, 0.2) is 34.2 Å². The number of nitrogens with one attached hydrogen (secondary N) is 2. The van der Waals surface area contributed by atoms with Gasteiger partial charge in [0.2, 0.25) is 5.91 Å². The molecule has 26 heavy (non-hydrogen) atoms. The molecule has 0 atom stereocenters. The monoisotopic (exact) mass is 388 g/mol. The molecule has 2 N–H and O–H groups in total.